The van der Waals surface area contributed by atoms with Crippen molar-refractivity contribution in [2.45, 2.75) is 13.5 Å². The quantitative estimate of drug-likeness (QED) is 0.735. The van der Waals surface area contributed by atoms with E-state index >= 15 is 0 Å². The van der Waals surface area contributed by atoms with Gasteiger partial charge in [0.2, 0.25) is 0 Å². The number of rotatable bonds is 4. The number of benzene rings is 1. The minimum atomic E-state index is 0.353. The molecule has 6 nitrogen and oxygen atoms in total. The predicted octanol–water partition coefficient (Wildman–Crippen LogP) is 2.26. The van der Waals surface area contributed by atoms with Crippen LogP contribution in [0.15, 0.2) is 30.6 Å². The molecule has 0 atom stereocenters. The molecular weight excluding hydrogens is 268 g/mol. The van der Waals surface area contributed by atoms with Crippen LogP contribution in [0.2, 0.25) is 0 Å². The van der Waals surface area contributed by atoms with Gasteiger partial charge in [-0.2, -0.15) is 5.10 Å². The average molecular weight is 284 g/mol. The first-order valence-electron chi connectivity index (χ1n) is 6.58. The molecule has 0 aliphatic rings. The van der Waals surface area contributed by atoms with Crippen LogP contribution in [0.5, 0.6) is 11.5 Å². The highest BCUT2D eigenvalue weighted by molar-refractivity contribution is 5.86. The molecule has 0 aliphatic carbocycles. The van der Waals surface area contributed by atoms with Gasteiger partial charge in [0.1, 0.15) is 24.4 Å². The van der Waals surface area contributed by atoms with E-state index in [-0.39, 0.29) is 0 Å². The summed E-state index contributed by atoms with van der Waals surface area (Å²) in [4.78, 5) is 8.66. The Balaban J connectivity index is 1.98. The Labute approximate surface area is 122 Å². The molecule has 3 aromatic rings. The van der Waals surface area contributed by atoms with Crippen molar-refractivity contribution in [3.63, 3.8) is 0 Å². The standard InChI is InChI=1S/C15H16N4O2/c1-10-6-14(21-8-15-16-9-17-19(15)2)12-7-11(20-3)4-5-13(12)18-10/h4-7,9H,8H2,1-3H3. The molecule has 0 N–H and O–H groups in total. The van der Waals surface area contributed by atoms with Crippen molar-refractivity contribution >= 4 is 10.9 Å². The van der Waals surface area contributed by atoms with Crippen molar-refractivity contribution in [3.05, 3.63) is 42.1 Å². The van der Waals surface area contributed by atoms with Crippen LogP contribution in [0, 0.1) is 6.92 Å². The number of pyridine rings is 1. The van der Waals surface area contributed by atoms with Crippen molar-refractivity contribution in [1.29, 1.82) is 0 Å². The number of ether oxygens (including phenoxy) is 2. The summed E-state index contributed by atoms with van der Waals surface area (Å²) in [5.41, 5.74) is 1.78. The van der Waals surface area contributed by atoms with Crippen LogP contribution in [-0.4, -0.2) is 26.9 Å². The van der Waals surface area contributed by atoms with Gasteiger partial charge in [0.15, 0.2) is 5.82 Å². The molecule has 0 bridgehead atoms. The summed E-state index contributed by atoms with van der Waals surface area (Å²) < 4.78 is 12.9. The number of hydrogen-bond donors (Lipinski definition) is 0. The third-order valence-corrected chi connectivity index (χ3v) is 3.27. The first kappa shape index (κ1) is 13.4. The molecule has 2 aromatic heterocycles. The zero-order chi connectivity index (χ0) is 14.8. The molecule has 108 valence electrons. The second kappa shape index (κ2) is 5.40. The number of fused-ring (bicyclic) bond motifs is 1. The smallest absolute Gasteiger partial charge is 0.164 e. The summed E-state index contributed by atoms with van der Waals surface area (Å²) in [7, 11) is 3.48. The maximum atomic E-state index is 5.91. The first-order valence-corrected chi connectivity index (χ1v) is 6.58. The zero-order valence-corrected chi connectivity index (χ0v) is 12.2. The fourth-order valence-electron chi connectivity index (χ4n) is 2.14. The van der Waals surface area contributed by atoms with E-state index in [1.165, 1.54) is 6.33 Å². The summed E-state index contributed by atoms with van der Waals surface area (Å²) in [6.07, 6.45) is 1.51. The van der Waals surface area contributed by atoms with E-state index in [0.717, 1.165) is 33.9 Å². The molecule has 6 heteroatoms. The van der Waals surface area contributed by atoms with Gasteiger partial charge in [-0.3, -0.25) is 9.67 Å². The van der Waals surface area contributed by atoms with Crippen LogP contribution in [0.3, 0.4) is 0 Å². The molecule has 2 heterocycles. The second-order valence-electron chi connectivity index (χ2n) is 4.73. The molecular formula is C15H16N4O2. The number of methoxy groups -OCH3 is 1. The Bertz CT molecular complexity index is 782. The van der Waals surface area contributed by atoms with Gasteiger partial charge in [-0.05, 0) is 25.1 Å². The van der Waals surface area contributed by atoms with Crippen LogP contribution >= 0.6 is 0 Å². The van der Waals surface area contributed by atoms with E-state index in [4.69, 9.17) is 9.47 Å². The van der Waals surface area contributed by atoms with E-state index < -0.39 is 0 Å². The van der Waals surface area contributed by atoms with Gasteiger partial charge in [-0.1, -0.05) is 0 Å². The largest absolute Gasteiger partial charge is 0.497 e. The van der Waals surface area contributed by atoms with Gasteiger partial charge in [0, 0.05) is 24.2 Å². The molecule has 3 rings (SSSR count). The lowest BCUT2D eigenvalue weighted by Gasteiger charge is -2.11. The van der Waals surface area contributed by atoms with Gasteiger partial charge in [-0.25, -0.2) is 4.98 Å². The maximum Gasteiger partial charge on any atom is 0.164 e. The monoisotopic (exact) mass is 284 g/mol. The molecule has 0 unspecified atom stereocenters. The summed E-state index contributed by atoms with van der Waals surface area (Å²) in [6, 6.07) is 7.66. The number of hydrogen-bond acceptors (Lipinski definition) is 5. The molecule has 0 saturated heterocycles. The predicted molar refractivity (Wildman–Crippen MR) is 78.4 cm³/mol. The van der Waals surface area contributed by atoms with Gasteiger partial charge >= 0.3 is 0 Å². The van der Waals surface area contributed by atoms with E-state index in [0.29, 0.717) is 6.61 Å². The van der Waals surface area contributed by atoms with Crippen molar-refractivity contribution in [2.24, 2.45) is 7.05 Å². The number of nitrogens with zero attached hydrogens (tertiary/aromatic N) is 4. The second-order valence-corrected chi connectivity index (χ2v) is 4.73. The van der Waals surface area contributed by atoms with Crippen LogP contribution in [-0.2, 0) is 13.7 Å². The van der Waals surface area contributed by atoms with Gasteiger partial charge < -0.3 is 9.47 Å². The fraction of sp³-hybridized carbons (Fsp3) is 0.267. The molecule has 0 spiro atoms. The minimum absolute atomic E-state index is 0.353. The molecule has 0 fully saturated rings. The van der Waals surface area contributed by atoms with Gasteiger partial charge in [-0.15, -0.1) is 0 Å². The molecule has 0 amide bonds. The van der Waals surface area contributed by atoms with E-state index in [2.05, 4.69) is 15.1 Å². The zero-order valence-electron chi connectivity index (χ0n) is 12.2. The Hall–Kier alpha value is -2.63. The van der Waals surface area contributed by atoms with Crippen LogP contribution < -0.4 is 9.47 Å². The molecule has 0 radical (unpaired) electrons. The summed E-state index contributed by atoms with van der Waals surface area (Å²) in [5.74, 6) is 2.30. The lowest BCUT2D eigenvalue weighted by atomic mass is 10.1. The summed E-state index contributed by atoms with van der Waals surface area (Å²) in [5, 5.41) is 4.95. The van der Waals surface area contributed by atoms with E-state index in [1.54, 1.807) is 11.8 Å². The van der Waals surface area contributed by atoms with E-state index in [1.807, 2.05) is 38.2 Å². The normalized spacial score (nSPS) is 10.8. The Morgan fingerprint density at radius 3 is 2.81 bits per heavy atom. The third kappa shape index (κ3) is 2.65. The molecule has 1 aromatic carbocycles. The Kier molecular flexibility index (Phi) is 3.43. The van der Waals surface area contributed by atoms with Crippen molar-refractivity contribution in [3.8, 4) is 11.5 Å². The third-order valence-electron chi connectivity index (χ3n) is 3.27. The highest BCUT2D eigenvalue weighted by Gasteiger charge is 2.09. The SMILES string of the molecule is COc1ccc2nc(C)cc(OCc3ncnn3C)c2c1. The molecule has 0 saturated carbocycles. The average Bonchev–Trinajstić information content (AvgIpc) is 2.89. The molecule has 21 heavy (non-hydrogen) atoms. The summed E-state index contributed by atoms with van der Waals surface area (Å²) in [6.45, 7) is 2.30. The van der Waals surface area contributed by atoms with Gasteiger partial charge in [0.25, 0.3) is 0 Å². The summed E-state index contributed by atoms with van der Waals surface area (Å²) >= 11 is 0. The molecule has 0 aliphatic heterocycles. The van der Waals surface area contributed by atoms with Crippen molar-refractivity contribution < 1.29 is 9.47 Å². The Morgan fingerprint density at radius 2 is 2.10 bits per heavy atom. The minimum Gasteiger partial charge on any atom is -0.497 e. The van der Waals surface area contributed by atoms with Gasteiger partial charge in [0.05, 0.1) is 12.6 Å². The Morgan fingerprint density at radius 1 is 1.24 bits per heavy atom. The highest BCUT2D eigenvalue weighted by atomic mass is 16.5. The number of aromatic nitrogens is 4. The highest BCUT2D eigenvalue weighted by Crippen LogP contribution is 2.29. The van der Waals surface area contributed by atoms with Crippen molar-refractivity contribution in [1.82, 2.24) is 19.7 Å². The maximum absolute atomic E-state index is 5.91. The van der Waals surface area contributed by atoms with Crippen LogP contribution in [0.4, 0.5) is 0 Å². The number of aryl methyl sites for hydroxylation is 2. The first-order chi connectivity index (χ1) is 10.2. The lowest BCUT2D eigenvalue weighted by Crippen LogP contribution is -2.05. The van der Waals surface area contributed by atoms with Crippen LogP contribution in [0.1, 0.15) is 11.5 Å². The van der Waals surface area contributed by atoms with Crippen LogP contribution in [0.25, 0.3) is 10.9 Å². The lowest BCUT2D eigenvalue weighted by molar-refractivity contribution is 0.293. The van der Waals surface area contributed by atoms with E-state index in [9.17, 15) is 0 Å². The topological polar surface area (TPSA) is 62.1 Å². The van der Waals surface area contributed by atoms with Crippen molar-refractivity contribution in [2.75, 3.05) is 7.11 Å². The fourth-order valence-corrected chi connectivity index (χ4v) is 2.14.